The van der Waals surface area contributed by atoms with Gasteiger partial charge in [-0.25, -0.2) is 4.79 Å². The Hall–Kier alpha value is -1.26. The van der Waals surface area contributed by atoms with Crippen LogP contribution in [-0.4, -0.2) is 9.78 Å². The van der Waals surface area contributed by atoms with E-state index in [0.29, 0.717) is 21.6 Å². The molecule has 0 atom stereocenters. The average Bonchev–Trinajstić information content (AvgIpc) is 2.50. The lowest BCUT2D eigenvalue weighted by Crippen LogP contribution is -2.13. The summed E-state index contributed by atoms with van der Waals surface area (Å²) < 4.78 is 5.88. The number of aromatic nitrogens is 2. The molecule has 0 saturated carbocycles. The van der Waals surface area contributed by atoms with Crippen LogP contribution in [0.5, 0.6) is 0 Å². The van der Waals surface area contributed by atoms with Crippen LogP contribution in [0.25, 0.3) is 5.69 Å². The second-order valence-corrected chi connectivity index (χ2v) is 3.71. The first-order chi connectivity index (χ1) is 7.08. The van der Waals surface area contributed by atoms with Crippen LogP contribution in [0.2, 0.25) is 10.0 Å². The fourth-order valence-electron chi connectivity index (χ4n) is 1.15. The van der Waals surface area contributed by atoms with E-state index in [-0.39, 0.29) is 0 Å². The lowest BCUT2D eigenvalue weighted by atomic mass is 10.3. The van der Waals surface area contributed by atoms with Crippen LogP contribution in [0.3, 0.4) is 0 Å². The maximum Gasteiger partial charge on any atom is 0.441 e. The normalized spacial score (nSPS) is 10.6. The molecule has 1 heterocycles. The first-order valence-electron chi connectivity index (χ1n) is 4.10. The lowest BCUT2D eigenvalue weighted by molar-refractivity contribution is 0.477. The minimum absolute atomic E-state index is 0.297. The molecular weight excluding hydrogens is 239 g/mol. The molecule has 0 saturated heterocycles. The molecule has 0 N–H and O–H groups in total. The van der Waals surface area contributed by atoms with Crippen molar-refractivity contribution in [3.8, 4) is 5.69 Å². The Morgan fingerprint density at radius 2 is 2.07 bits per heavy atom. The van der Waals surface area contributed by atoms with Crippen molar-refractivity contribution >= 4 is 23.2 Å². The fourth-order valence-corrected chi connectivity index (χ4v) is 1.44. The predicted octanol–water partition coefficient (Wildman–Crippen LogP) is 2.44. The molecule has 1 aromatic carbocycles. The third-order valence-corrected chi connectivity index (χ3v) is 2.54. The van der Waals surface area contributed by atoms with Crippen molar-refractivity contribution in [1.82, 2.24) is 9.78 Å². The van der Waals surface area contributed by atoms with Gasteiger partial charge in [0.25, 0.3) is 0 Å². The first kappa shape index (κ1) is 10.3. The van der Waals surface area contributed by atoms with Crippen LogP contribution in [0, 0.1) is 6.92 Å². The van der Waals surface area contributed by atoms with Gasteiger partial charge >= 0.3 is 5.76 Å². The highest BCUT2D eigenvalue weighted by atomic mass is 35.5. The van der Waals surface area contributed by atoms with Crippen LogP contribution in [-0.2, 0) is 0 Å². The summed E-state index contributed by atoms with van der Waals surface area (Å²) >= 11 is 11.6. The van der Waals surface area contributed by atoms with Gasteiger partial charge in [0.2, 0.25) is 5.89 Å². The smallest absolute Gasteiger partial charge is 0.392 e. The summed E-state index contributed by atoms with van der Waals surface area (Å²) in [5, 5.41) is 4.67. The Balaban J connectivity index is 2.59. The molecule has 4 nitrogen and oxygen atoms in total. The molecule has 0 spiro atoms. The van der Waals surface area contributed by atoms with E-state index < -0.39 is 5.76 Å². The van der Waals surface area contributed by atoms with E-state index in [1.54, 1.807) is 25.1 Å². The highest BCUT2D eigenvalue weighted by Crippen LogP contribution is 2.23. The molecule has 0 amide bonds. The highest BCUT2D eigenvalue weighted by molar-refractivity contribution is 6.42. The summed E-state index contributed by atoms with van der Waals surface area (Å²) in [5.74, 6) is -0.253. The van der Waals surface area contributed by atoms with Gasteiger partial charge in [-0.15, -0.1) is 5.10 Å². The number of halogens is 2. The number of rotatable bonds is 1. The van der Waals surface area contributed by atoms with E-state index in [2.05, 4.69) is 5.10 Å². The van der Waals surface area contributed by atoms with Gasteiger partial charge in [-0.3, -0.25) is 0 Å². The van der Waals surface area contributed by atoms with E-state index in [9.17, 15) is 4.79 Å². The molecule has 2 rings (SSSR count). The van der Waals surface area contributed by atoms with Crippen LogP contribution in [0.1, 0.15) is 5.89 Å². The highest BCUT2D eigenvalue weighted by Gasteiger charge is 2.08. The zero-order valence-corrected chi connectivity index (χ0v) is 9.21. The second-order valence-electron chi connectivity index (χ2n) is 2.90. The molecule has 0 bridgehead atoms. The number of nitrogens with zero attached hydrogens (tertiary/aromatic N) is 2. The summed E-state index contributed by atoms with van der Waals surface area (Å²) in [6.45, 7) is 1.59. The van der Waals surface area contributed by atoms with E-state index in [1.165, 1.54) is 0 Å². The summed E-state index contributed by atoms with van der Waals surface area (Å²) in [6.07, 6.45) is 0. The lowest BCUT2D eigenvalue weighted by Gasteiger charge is -1.99. The van der Waals surface area contributed by atoms with Crippen LogP contribution < -0.4 is 5.76 Å². The predicted molar refractivity (Wildman–Crippen MR) is 56.9 cm³/mol. The summed E-state index contributed by atoms with van der Waals surface area (Å²) in [4.78, 5) is 11.3. The number of aryl methyl sites for hydroxylation is 1. The topological polar surface area (TPSA) is 48.0 Å². The number of hydrogen-bond donors (Lipinski definition) is 0. The quantitative estimate of drug-likeness (QED) is 0.775. The van der Waals surface area contributed by atoms with E-state index in [0.717, 1.165) is 4.68 Å². The molecule has 0 aliphatic carbocycles. The standard InChI is InChI=1S/C9H6Cl2N2O2/c1-5-12-13(9(14)15-5)6-2-3-7(10)8(11)4-6/h2-4H,1H3. The Labute approximate surface area is 95.0 Å². The fraction of sp³-hybridized carbons (Fsp3) is 0.111. The zero-order chi connectivity index (χ0) is 11.0. The van der Waals surface area contributed by atoms with Gasteiger partial charge in [-0.05, 0) is 18.2 Å². The monoisotopic (exact) mass is 244 g/mol. The van der Waals surface area contributed by atoms with Crippen molar-refractivity contribution in [3.63, 3.8) is 0 Å². The SMILES string of the molecule is Cc1nn(-c2ccc(Cl)c(Cl)c2)c(=O)o1. The Morgan fingerprint density at radius 1 is 1.33 bits per heavy atom. The zero-order valence-electron chi connectivity index (χ0n) is 7.70. The van der Waals surface area contributed by atoms with Gasteiger partial charge in [0.05, 0.1) is 15.7 Å². The molecule has 1 aromatic heterocycles. The van der Waals surface area contributed by atoms with Crippen molar-refractivity contribution in [2.24, 2.45) is 0 Å². The number of hydrogen-bond acceptors (Lipinski definition) is 3. The molecule has 0 unspecified atom stereocenters. The van der Waals surface area contributed by atoms with Gasteiger partial charge < -0.3 is 4.42 Å². The maximum atomic E-state index is 11.3. The molecule has 0 aliphatic rings. The van der Waals surface area contributed by atoms with Crippen LogP contribution in [0.15, 0.2) is 27.4 Å². The first-order valence-corrected chi connectivity index (χ1v) is 4.86. The molecule has 6 heteroatoms. The summed E-state index contributed by atoms with van der Waals surface area (Å²) in [6, 6.07) is 4.78. The van der Waals surface area contributed by atoms with Crippen LogP contribution >= 0.6 is 23.2 Å². The van der Waals surface area contributed by atoms with E-state index in [4.69, 9.17) is 27.6 Å². The van der Waals surface area contributed by atoms with Gasteiger partial charge in [0.15, 0.2) is 0 Å². The maximum absolute atomic E-state index is 11.3. The molecule has 0 aliphatic heterocycles. The molecule has 0 fully saturated rings. The van der Waals surface area contributed by atoms with Gasteiger partial charge in [0.1, 0.15) is 0 Å². The largest absolute Gasteiger partial charge is 0.441 e. The Kier molecular flexibility index (Phi) is 2.54. The van der Waals surface area contributed by atoms with Crippen molar-refractivity contribution < 1.29 is 4.42 Å². The average molecular weight is 245 g/mol. The van der Waals surface area contributed by atoms with E-state index in [1.807, 2.05) is 0 Å². The molecule has 78 valence electrons. The van der Waals surface area contributed by atoms with Crippen molar-refractivity contribution in [3.05, 3.63) is 44.7 Å². The third kappa shape index (κ3) is 1.91. The minimum Gasteiger partial charge on any atom is -0.392 e. The third-order valence-electron chi connectivity index (χ3n) is 1.80. The summed E-state index contributed by atoms with van der Waals surface area (Å²) in [7, 11) is 0. The van der Waals surface area contributed by atoms with Crippen LogP contribution in [0.4, 0.5) is 0 Å². The van der Waals surface area contributed by atoms with E-state index >= 15 is 0 Å². The van der Waals surface area contributed by atoms with Crippen molar-refractivity contribution in [2.75, 3.05) is 0 Å². The number of benzene rings is 1. The molecule has 0 radical (unpaired) electrons. The summed E-state index contributed by atoms with van der Waals surface area (Å²) in [5.41, 5.74) is 0.520. The van der Waals surface area contributed by atoms with Gasteiger partial charge in [-0.2, -0.15) is 4.68 Å². The van der Waals surface area contributed by atoms with Gasteiger partial charge in [0, 0.05) is 6.92 Å². The van der Waals surface area contributed by atoms with Gasteiger partial charge in [-0.1, -0.05) is 23.2 Å². The molecule has 2 aromatic rings. The molecule has 15 heavy (non-hydrogen) atoms. The Bertz CT molecular complexity index is 559. The molecular formula is C9H6Cl2N2O2. The Morgan fingerprint density at radius 3 is 2.60 bits per heavy atom. The van der Waals surface area contributed by atoms with Crippen molar-refractivity contribution in [2.45, 2.75) is 6.92 Å². The van der Waals surface area contributed by atoms with Crippen molar-refractivity contribution in [1.29, 1.82) is 0 Å². The second kappa shape index (κ2) is 3.72. The minimum atomic E-state index is -0.550.